The third-order valence-electron chi connectivity index (χ3n) is 2.71. The van der Waals surface area contributed by atoms with Gasteiger partial charge in [-0.2, -0.15) is 0 Å². The summed E-state index contributed by atoms with van der Waals surface area (Å²) in [6.07, 6.45) is 2.06. The van der Waals surface area contributed by atoms with Crippen molar-refractivity contribution in [3.63, 3.8) is 0 Å². The molecular weight excluding hydrogens is 216 g/mol. The summed E-state index contributed by atoms with van der Waals surface area (Å²) < 4.78 is 24.9. The molecule has 2 atom stereocenters. The quantitative estimate of drug-likeness (QED) is 0.717. The standard InChI is InChI=1S/C9H18N2O3S/c1-6(2)15(13,14)11-9(12)7-3-4-8(10)5-7/h6-8H,3-5,10H2,1-2H3,(H,11,12). The van der Waals surface area contributed by atoms with E-state index in [1.54, 1.807) is 0 Å². The molecule has 3 N–H and O–H groups in total. The molecule has 1 amide bonds. The summed E-state index contributed by atoms with van der Waals surface area (Å²) in [4.78, 5) is 11.6. The van der Waals surface area contributed by atoms with Crippen LogP contribution in [0.1, 0.15) is 33.1 Å². The van der Waals surface area contributed by atoms with Crippen molar-refractivity contribution in [2.75, 3.05) is 0 Å². The van der Waals surface area contributed by atoms with Gasteiger partial charge in [0.15, 0.2) is 0 Å². The summed E-state index contributed by atoms with van der Waals surface area (Å²) in [5.41, 5.74) is 5.66. The maximum Gasteiger partial charge on any atom is 0.237 e. The summed E-state index contributed by atoms with van der Waals surface area (Å²) in [7, 11) is -3.49. The van der Waals surface area contributed by atoms with Crippen LogP contribution < -0.4 is 10.5 Å². The van der Waals surface area contributed by atoms with E-state index in [1.165, 1.54) is 13.8 Å². The number of amides is 1. The van der Waals surface area contributed by atoms with Gasteiger partial charge in [-0.1, -0.05) is 0 Å². The fraction of sp³-hybridized carbons (Fsp3) is 0.889. The summed E-state index contributed by atoms with van der Waals surface area (Å²) in [6, 6.07) is 0.0301. The molecule has 1 fully saturated rings. The zero-order valence-electron chi connectivity index (χ0n) is 9.06. The van der Waals surface area contributed by atoms with Gasteiger partial charge in [-0.15, -0.1) is 0 Å². The van der Waals surface area contributed by atoms with Crippen LogP contribution in [0.2, 0.25) is 0 Å². The van der Waals surface area contributed by atoms with Gasteiger partial charge < -0.3 is 5.73 Å². The second-order valence-electron chi connectivity index (χ2n) is 4.33. The molecule has 0 heterocycles. The van der Waals surface area contributed by atoms with Gasteiger partial charge in [0.2, 0.25) is 15.9 Å². The third-order valence-corrected chi connectivity index (χ3v) is 4.43. The smallest absolute Gasteiger partial charge is 0.237 e. The van der Waals surface area contributed by atoms with E-state index >= 15 is 0 Å². The Hall–Kier alpha value is -0.620. The molecule has 0 aromatic rings. The van der Waals surface area contributed by atoms with Crippen LogP contribution >= 0.6 is 0 Å². The first kappa shape index (κ1) is 12.4. The van der Waals surface area contributed by atoms with Crippen molar-refractivity contribution in [1.82, 2.24) is 4.72 Å². The number of nitrogens with two attached hydrogens (primary N) is 1. The van der Waals surface area contributed by atoms with Crippen molar-refractivity contribution >= 4 is 15.9 Å². The van der Waals surface area contributed by atoms with Crippen molar-refractivity contribution < 1.29 is 13.2 Å². The van der Waals surface area contributed by atoms with Gasteiger partial charge >= 0.3 is 0 Å². The molecule has 0 aromatic carbocycles. The van der Waals surface area contributed by atoms with E-state index < -0.39 is 21.2 Å². The Kier molecular flexibility index (Phi) is 3.72. The minimum absolute atomic E-state index is 0.0301. The van der Waals surface area contributed by atoms with E-state index in [-0.39, 0.29) is 12.0 Å². The van der Waals surface area contributed by atoms with Crippen LogP contribution in [-0.4, -0.2) is 25.6 Å². The maximum absolute atomic E-state index is 11.6. The number of sulfonamides is 1. The molecule has 2 unspecified atom stereocenters. The monoisotopic (exact) mass is 234 g/mol. The van der Waals surface area contributed by atoms with E-state index in [0.717, 1.165) is 6.42 Å². The fourth-order valence-corrected chi connectivity index (χ4v) is 2.28. The Labute approximate surface area is 90.5 Å². The SMILES string of the molecule is CC(C)S(=O)(=O)NC(=O)C1CCC(N)C1. The van der Waals surface area contributed by atoms with Gasteiger partial charge in [0.1, 0.15) is 0 Å². The minimum atomic E-state index is -3.49. The molecule has 1 rings (SSSR count). The Morgan fingerprint density at radius 1 is 1.40 bits per heavy atom. The normalized spacial score (nSPS) is 26.9. The van der Waals surface area contributed by atoms with Crippen LogP contribution in [0.3, 0.4) is 0 Å². The van der Waals surface area contributed by atoms with Crippen molar-refractivity contribution in [2.24, 2.45) is 11.7 Å². The highest BCUT2D eigenvalue weighted by Crippen LogP contribution is 2.24. The average molecular weight is 234 g/mol. The average Bonchev–Trinajstić information content (AvgIpc) is 2.50. The molecule has 6 heteroatoms. The number of hydrogen-bond donors (Lipinski definition) is 2. The molecule has 15 heavy (non-hydrogen) atoms. The number of carbonyl (C=O) groups excluding carboxylic acids is 1. The van der Waals surface area contributed by atoms with Crippen LogP contribution in [0.5, 0.6) is 0 Å². The highest BCUT2D eigenvalue weighted by Gasteiger charge is 2.30. The summed E-state index contributed by atoms with van der Waals surface area (Å²) in [5.74, 6) is -0.648. The van der Waals surface area contributed by atoms with Crippen molar-refractivity contribution in [3.05, 3.63) is 0 Å². The minimum Gasteiger partial charge on any atom is -0.328 e. The molecule has 1 aliphatic rings. The molecular formula is C9H18N2O3S. The van der Waals surface area contributed by atoms with Crippen LogP contribution in [-0.2, 0) is 14.8 Å². The highest BCUT2D eigenvalue weighted by atomic mass is 32.2. The van der Waals surface area contributed by atoms with E-state index in [0.29, 0.717) is 12.8 Å². The Morgan fingerprint density at radius 2 is 2.00 bits per heavy atom. The zero-order valence-corrected chi connectivity index (χ0v) is 9.88. The number of rotatable bonds is 3. The van der Waals surface area contributed by atoms with Crippen molar-refractivity contribution in [3.8, 4) is 0 Å². The van der Waals surface area contributed by atoms with Crippen LogP contribution in [0.15, 0.2) is 0 Å². The lowest BCUT2D eigenvalue weighted by molar-refractivity contribution is -0.123. The summed E-state index contributed by atoms with van der Waals surface area (Å²) in [6.45, 7) is 3.08. The zero-order chi connectivity index (χ0) is 11.6. The maximum atomic E-state index is 11.6. The Morgan fingerprint density at radius 3 is 2.40 bits per heavy atom. The van der Waals surface area contributed by atoms with Crippen molar-refractivity contribution in [2.45, 2.75) is 44.4 Å². The highest BCUT2D eigenvalue weighted by molar-refractivity contribution is 7.90. The molecule has 1 aliphatic carbocycles. The molecule has 5 nitrogen and oxygen atoms in total. The van der Waals surface area contributed by atoms with E-state index in [2.05, 4.69) is 4.72 Å². The Balaban J connectivity index is 2.57. The Bertz CT molecular complexity index is 337. The largest absolute Gasteiger partial charge is 0.328 e. The lowest BCUT2D eigenvalue weighted by atomic mass is 10.1. The van der Waals surface area contributed by atoms with Gasteiger partial charge in [0.25, 0.3) is 0 Å². The van der Waals surface area contributed by atoms with Crippen LogP contribution in [0.25, 0.3) is 0 Å². The van der Waals surface area contributed by atoms with E-state index in [4.69, 9.17) is 5.73 Å². The lowest BCUT2D eigenvalue weighted by Gasteiger charge is -2.13. The van der Waals surface area contributed by atoms with Gasteiger partial charge in [0, 0.05) is 12.0 Å². The van der Waals surface area contributed by atoms with E-state index in [9.17, 15) is 13.2 Å². The number of nitrogens with one attached hydrogen (secondary N) is 1. The number of hydrogen-bond acceptors (Lipinski definition) is 4. The molecule has 88 valence electrons. The van der Waals surface area contributed by atoms with Gasteiger partial charge in [0.05, 0.1) is 5.25 Å². The molecule has 0 aromatic heterocycles. The molecule has 0 saturated heterocycles. The fourth-order valence-electron chi connectivity index (χ4n) is 1.60. The van der Waals surface area contributed by atoms with E-state index in [1.807, 2.05) is 0 Å². The van der Waals surface area contributed by atoms with Crippen LogP contribution in [0.4, 0.5) is 0 Å². The molecule has 1 saturated carbocycles. The first-order valence-electron chi connectivity index (χ1n) is 5.14. The molecule has 0 spiro atoms. The molecule has 0 bridgehead atoms. The predicted octanol–water partition coefficient (Wildman–Crippen LogP) is -0.0318. The van der Waals surface area contributed by atoms with Crippen LogP contribution in [0, 0.1) is 5.92 Å². The summed E-state index contributed by atoms with van der Waals surface area (Å²) in [5, 5.41) is -0.587. The van der Waals surface area contributed by atoms with Crippen molar-refractivity contribution in [1.29, 1.82) is 0 Å². The van der Waals surface area contributed by atoms with Gasteiger partial charge in [-0.3, -0.25) is 9.52 Å². The second-order valence-corrected chi connectivity index (χ2v) is 6.57. The predicted molar refractivity (Wildman–Crippen MR) is 57.5 cm³/mol. The lowest BCUT2D eigenvalue weighted by Crippen LogP contribution is -2.39. The molecule has 0 radical (unpaired) electrons. The van der Waals surface area contributed by atoms with Gasteiger partial charge in [-0.05, 0) is 33.1 Å². The summed E-state index contributed by atoms with van der Waals surface area (Å²) >= 11 is 0. The first-order valence-corrected chi connectivity index (χ1v) is 6.68. The first-order chi connectivity index (χ1) is 6.83. The molecule has 0 aliphatic heterocycles. The second kappa shape index (κ2) is 4.49. The third kappa shape index (κ3) is 3.17. The van der Waals surface area contributed by atoms with Gasteiger partial charge in [-0.25, -0.2) is 8.42 Å². The topological polar surface area (TPSA) is 89.3 Å². The number of carbonyl (C=O) groups is 1.